The lowest BCUT2D eigenvalue weighted by molar-refractivity contribution is -0.123. The number of pyridine rings is 1. The molecule has 0 aromatic carbocycles. The molecule has 110 valence electrons. The number of hydrogen-bond donors (Lipinski definition) is 1. The van der Waals surface area contributed by atoms with E-state index in [4.69, 9.17) is 10.3 Å². The lowest BCUT2D eigenvalue weighted by Crippen LogP contribution is -2.38. The van der Waals surface area contributed by atoms with E-state index >= 15 is 0 Å². The number of carbonyl (C=O) groups excluding carboxylic acids is 1. The van der Waals surface area contributed by atoms with Gasteiger partial charge in [-0.3, -0.25) is 14.7 Å². The third-order valence-corrected chi connectivity index (χ3v) is 3.74. The van der Waals surface area contributed by atoms with Crippen LogP contribution in [-0.4, -0.2) is 39.0 Å². The number of nitrogens with two attached hydrogens (primary N) is 1. The van der Waals surface area contributed by atoms with E-state index < -0.39 is 0 Å². The Hall–Kier alpha value is -2.28. The Labute approximate surface area is 122 Å². The summed E-state index contributed by atoms with van der Waals surface area (Å²) in [5.74, 6) is 0.915. The van der Waals surface area contributed by atoms with Gasteiger partial charge < -0.3 is 10.3 Å². The Morgan fingerprint density at radius 2 is 2.24 bits per heavy atom. The molecule has 0 aliphatic carbocycles. The van der Waals surface area contributed by atoms with Crippen LogP contribution in [0.2, 0.25) is 0 Å². The van der Waals surface area contributed by atoms with Crippen LogP contribution >= 0.6 is 0 Å². The summed E-state index contributed by atoms with van der Waals surface area (Å²) < 4.78 is 5.27. The molecule has 2 aromatic rings. The molecule has 2 N–H and O–H groups in total. The van der Waals surface area contributed by atoms with Crippen molar-refractivity contribution >= 4 is 5.91 Å². The fraction of sp³-hybridized carbons (Fsp3) is 0.429. The molecule has 7 nitrogen and oxygen atoms in total. The lowest BCUT2D eigenvalue weighted by Gasteiger charge is -2.29. The Bertz CT molecular complexity index is 605. The first-order valence-corrected chi connectivity index (χ1v) is 6.97. The number of nitrogens with zero attached hydrogens (tertiary/aromatic N) is 4. The summed E-state index contributed by atoms with van der Waals surface area (Å²) in [6.07, 6.45) is 4.98. The summed E-state index contributed by atoms with van der Waals surface area (Å²) in [4.78, 5) is 21.7. The molecular weight excluding hydrogens is 270 g/mol. The van der Waals surface area contributed by atoms with Crippen LogP contribution in [0.4, 0.5) is 0 Å². The minimum absolute atomic E-state index is 0.00473. The fourth-order valence-corrected chi connectivity index (χ4v) is 2.50. The van der Waals surface area contributed by atoms with E-state index in [2.05, 4.69) is 20.0 Å². The second-order valence-corrected chi connectivity index (χ2v) is 5.21. The van der Waals surface area contributed by atoms with E-state index in [1.807, 2.05) is 12.1 Å². The zero-order valence-electron chi connectivity index (χ0n) is 11.6. The molecule has 2 aromatic heterocycles. The number of likely N-dealkylation sites (tertiary alicyclic amines) is 1. The Morgan fingerprint density at radius 3 is 2.90 bits per heavy atom. The molecule has 1 fully saturated rings. The van der Waals surface area contributed by atoms with Gasteiger partial charge in [0.05, 0.1) is 6.54 Å². The highest BCUT2D eigenvalue weighted by Gasteiger charge is 2.24. The van der Waals surface area contributed by atoms with Crippen molar-refractivity contribution in [3.05, 3.63) is 30.4 Å². The molecule has 0 bridgehead atoms. The number of carbonyl (C=O) groups is 1. The normalized spacial score (nSPS) is 17.0. The number of rotatable bonds is 4. The van der Waals surface area contributed by atoms with Gasteiger partial charge >= 0.3 is 0 Å². The fourth-order valence-electron chi connectivity index (χ4n) is 2.50. The van der Waals surface area contributed by atoms with Gasteiger partial charge in [-0.2, -0.15) is 4.98 Å². The Balaban J connectivity index is 1.60. The molecule has 1 saturated heterocycles. The minimum atomic E-state index is -0.202. The molecule has 0 radical (unpaired) electrons. The molecule has 0 saturated carbocycles. The van der Waals surface area contributed by atoms with Crippen LogP contribution in [-0.2, 0) is 11.3 Å². The van der Waals surface area contributed by atoms with E-state index in [1.165, 1.54) is 0 Å². The molecule has 0 atom stereocenters. The van der Waals surface area contributed by atoms with Gasteiger partial charge in [0.2, 0.25) is 17.6 Å². The van der Waals surface area contributed by atoms with Crippen LogP contribution in [0, 0.1) is 5.92 Å². The quantitative estimate of drug-likeness (QED) is 0.894. The third-order valence-electron chi connectivity index (χ3n) is 3.74. The molecule has 0 unspecified atom stereocenters. The summed E-state index contributed by atoms with van der Waals surface area (Å²) in [5.41, 5.74) is 6.16. The predicted octanol–water partition coefficient (Wildman–Crippen LogP) is 0.829. The second-order valence-electron chi connectivity index (χ2n) is 5.21. The summed E-state index contributed by atoms with van der Waals surface area (Å²) in [6, 6.07) is 3.72. The van der Waals surface area contributed by atoms with Crippen molar-refractivity contribution in [2.24, 2.45) is 11.7 Å². The van der Waals surface area contributed by atoms with Gasteiger partial charge in [0.25, 0.3) is 0 Å². The van der Waals surface area contributed by atoms with Crippen LogP contribution in [0.1, 0.15) is 18.7 Å². The van der Waals surface area contributed by atoms with E-state index in [1.54, 1.807) is 12.4 Å². The molecule has 21 heavy (non-hydrogen) atoms. The van der Waals surface area contributed by atoms with Crippen molar-refractivity contribution in [3.63, 3.8) is 0 Å². The van der Waals surface area contributed by atoms with E-state index in [0.29, 0.717) is 18.3 Å². The number of amides is 1. The van der Waals surface area contributed by atoms with Crippen molar-refractivity contribution in [1.29, 1.82) is 0 Å². The van der Waals surface area contributed by atoms with Crippen molar-refractivity contribution < 1.29 is 9.32 Å². The average Bonchev–Trinajstić information content (AvgIpc) is 2.97. The molecular formula is C14H17N5O2. The van der Waals surface area contributed by atoms with Gasteiger partial charge in [-0.05, 0) is 38.1 Å². The van der Waals surface area contributed by atoms with Crippen LogP contribution in [0.15, 0.2) is 29.0 Å². The smallest absolute Gasteiger partial charge is 0.241 e. The van der Waals surface area contributed by atoms with E-state index in [0.717, 1.165) is 31.5 Å². The Morgan fingerprint density at radius 1 is 1.43 bits per heavy atom. The topological polar surface area (TPSA) is 98.1 Å². The standard InChI is InChI=1S/C14H17N5O2/c15-13(20)10-3-6-19(7-4-10)9-12-17-14(18-21-12)11-2-1-5-16-8-11/h1-2,5,8,10H,3-4,6-7,9H2,(H2,15,20). The molecule has 1 amide bonds. The number of primary amides is 1. The highest BCUT2D eigenvalue weighted by molar-refractivity contribution is 5.76. The number of piperidine rings is 1. The maximum absolute atomic E-state index is 11.1. The Kier molecular flexibility index (Phi) is 3.92. The molecule has 1 aliphatic heterocycles. The molecule has 7 heteroatoms. The van der Waals surface area contributed by atoms with E-state index in [-0.39, 0.29) is 11.8 Å². The zero-order valence-corrected chi connectivity index (χ0v) is 11.6. The van der Waals surface area contributed by atoms with Crippen molar-refractivity contribution in [3.8, 4) is 11.4 Å². The van der Waals surface area contributed by atoms with Gasteiger partial charge in [0.15, 0.2) is 0 Å². The first kappa shape index (κ1) is 13.7. The summed E-state index contributed by atoms with van der Waals surface area (Å²) in [6.45, 7) is 2.23. The van der Waals surface area contributed by atoms with Crippen molar-refractivity contribution in [1.82, 2.24) is 20.0 Å². The van der Waals surface area contributed by atoms with Gasteiger partial charge in [-0.15, -0.1) is 0 Å². The van der Waals surface area contributed by atoms with Gasteiger partial charge in [0.1, 0.15) is 0 Å². The van der Waals surface area contributed by atoms with Crippen molar-refractivity contribution in [2.75, 3.05) is 13.1 Å². The molecule has 0 spiro atoms. The average molecular weight is 287 g/mol. The summed E-state index contributed by atoms with van der Waals surface area (Å²) in [5, 5.41) is 3.97. The van der Waals surface area contributed by atoms with Crippen LogP contribution in [0.5, 0.6) is 0 Å². The lowest BCUT2D eigenvalue weighted by atomic mass is 9.96. The third kappa shape index (κ3) is 3.25. The first-order valence-electron chi connectivity index (χ1n) is 6.97. The highest BCUT2D eigenvalue weighted by atomic mass is 16.5. The van der Waals surface area contributed by atoms with Crippen LogP contribution in [0.3, 0.4) is 0 Å². The zero-order chi connectivity index (χ0) is 14.7. The van der Waals surface area contributed by atoms with E-state index in [9.17, 15) is 4.79 Å². The second kappa shape index (κ2) is 6.01. The summed E-state index contributed by atoms with van der Waals surface area (Å²) in [7, 11) is 0. The van der Waals surface area contributed by atoms with Crippen LogP contribution in [0.25, 0.3) is 11.4 Å². The van der Waals surface area contributed by atoms with Crippen molar-refractivity contribution in [2.45, 2.75) is 19.4 Å². The predicted molar refractivity (Wildman–Crippen MR) is 74.7 cm³/mol. The maximum Gasteiger partial charge on any atom is 0.241 e. The van der Waals surface area contributed by atoms with Gasteiger partial charge in [-0.25, -0.2) is 0 Å². The number of aromatic nitrogens is 3. The van der Waals surface area contributed by atoms with Crippen LogP contribution < -0.4 is 5.73 Å². The molecule has 1 aliphatic rings. The highest BCUT2D eigenvalue weighted by Crippen LogP contribution is 2.19. The maximum atomic E-state index is 11.1. The van der Waals surface area contributed by atoms with Gasteiger partial charge in [0, 0.05) is 23.9 Å². The summed E-state index contributed by atoms with van der Waals surface area (Å²) >= 11 is 0. The van der Waals surface area contributed by atoms with Gasteiger partial charge in [-0.1, -0.05) is 5.16 Å². The monoisotopic (exact) mass is 287 g/mol. The SMILES string of the molecule is NC(=O)C1CCN(Cc2nc(-c3cccnc3)no2)CC1. The number of hydrogen-bond acceptors (Lipinski definition) is 6. The minimum Gasteiger partial charge on any atom is -0.369 e. The largest absolute Gasteiger partial charge is 0.369 e. The molecule has 3 rings (SSSR count). The molecule has 3 heterocycles. The first-order chi connectivity index (χ1) is 10.2.